The molecule has 0 aliphatic carbocycles. The van der Waals surface area contributed by atoms with Crippen LogP contribution in [0, 0.1) is 11.3 Å². The normalized spacial score (nSPS) is 18.1. The van der Waals surface area contributed by atoms with Gasteiger partial charge in [-0.25, -0.2) is 4.79 Å². The number of amides is 2. The van der Waals surface area contributed by atoms with Crippen LogP contribution in [-0.2, 0) is 0 Å². The summed E-state index contributed by atoms with van der Waals surface area (Å²) >= 11 is 0. The summed E-state index contributed by atoms with van der Waals surface area (Å²) in [5.74, 6) is 0. The van der Waals surface area contributed by atoms with Crippen molar-refractivity contribution in [3.63, 3.8) is 0 Å². The summed E-state index contributed by atoms with van der Waals surface area (Å²) in [4.78, 5) is 11.6. The lowest BCUT2D eigenvalue weighted by atomic mass is 10.2. The van der Waals surface area contributed by atoms with Crippen molar-refractivity contribution < 1.29 is 4.79 Å². The largest absolute Gasteiger partial charge is 0.336 e. The number of urea groups is 1. The molecule has 2 amide bonds. The van der Waals surface area contributed by atoms with Gasteiger partial charge in [0.05, 0.1) is 11.6 Å². The van der Waals surface area contributed by atoms with Gasteiger partial charge in [-0.05, 0) is 43.7 Å². The molecule has 1 saturated heterocycles. The van der Waals surface area contributed by atoms with Crippen molar-refractivity contribution in [2.24, 2.45) is 0 Å². The van der Waals surface area contributed by atoms with E-state index in [-0.39, 0.29) is 6.03 Å². The zero-order valence-corrected chi connectivity index (χ0v) is 10.1. The zero-order valence-electron chi connectivity index (χ0n) is 10.1. The lowest BCUT2D eigenvalue weighted by Crippen LogP contribution is -2.39. The van der Waals surface area contributed by atoms with E-state index < -0.39 is 0 Å². The summed E-state index contributed by atoms with van der Waals surface area (Å²) in [5, 5.41) is 17.5. The smallest absolute Gasteiger partial charge is 0.319 e. The Hall–Kier alpha value is -2.06. The molecule has 0 saturated carbocycles. The molecule has 1 fully saturated rings. The molecule has 0 radical (unpaired) electrons. The Balaban J connectivity index is 1.77. The third kappa shape index (κ3) is 3.47. The van der Waals surface area contributed by atoms with Gasteiger partial charge < -0.3 is 16.0 Å². The average Bonchev–Trinajstić information content (AvgIpc) is 2.90. The maximum absolute atomic E-state index is 11.6. The monoisotopic (exact) mass is 244 g/mol. The summed E-state index contributed by atoms with van der Waals surface area (Å²) < 4.78 is 0. The highest BCUT2D eigenvalue weighted by atomic mass is 16.2. The quantitative estimate of drug-likeness (QED) is 0.752. The van der Waals surface area contributed by atoms with Crippen LogP contribution in [0.25, 0.3) is 0 Å². The number of carbonyl (C=O) groups excluding carboxylic acids is 1. The standard InChI is InChI=1S/C13H16N4O/c14-8-10-3-5-11(6-4-10)17-13(18)16-9-12-2-1-7-15-12/h3-6,12,15H,1-2,7,9H2,(H2,16,17,18). The van der Waals surface area contributed by atoms with Gasteiger partial charge in [-0.15, -0.1) is 0 Å². The van der Waals surface area contributed by atoms with E-state index in [1.165, 1.54) is 6.42 Å². The summed E-state index contributed by atoms with van der Waals surface area (Å²) in [6.45, 7) is 1.67. The Kier molecular flexibility index (Phi) is 4.15. The average molecular weight is 244 g/mol. The molecule has 0 spiro atoms. The van der Waals surface area contributed by atoms with E-state index in [0.717, 1.165) is 13.0 Å². The molecule has 5 heteroatoms. The molecule has 0 bridgehead atoms. The minimum Gasteiger partial charge on any atom is -0.336 e. The van der Waals surface area contributed by atoms with Gasteiger partial charge in [0.25, 0.3) is 0 Å². The van der Waals surface area contributed by atoms with Crippen molar-refractivity contribution >= 4 is 11.7 Å². The van der Waals surface area contributed by atoms with Gasteiger partial charge in [-0.3, -0.25) is 0 Å². The van der Waals surface area contributed by atoms with Crippen LogP contribution < -0.4 is 16.0 Å². The second-order valence-electron chi connectivity index (χ2n) is 4.32. The van der Waals surface area contributed by atoms with E-state index in [1.807, 2.05) is 6.07 Å². The fraction of sp³-hybridized carbons (Fsp3) is 0.385. The Morgan fingerprint density at radius 2 is 2.22 bits per heavy atom. The minimum atomic E-state index is -0.214. The number of nitrogens with one attached hydrogen (secondary N) is 3. The predicted octanol–water partition coefficient (Wildman–Crippen LogP) is 1.43. The fourth-order valence-corrected chi connectivity index (χ4v) is 1.95. The minimum absolute atomic E-state index is 0.214. The number of rotatable bonds is 3. The number of hydrogen-bond donors (Lipinski definition) is 3. The second-order valence-corrected chi connectivity index (χ2v) is 4.32. The third-order valence-electron chi connectivity index (χ3n) is 2.94. The molecule has 18 heavy (non-hydrogen) atoms. The molecule has 94 valence electrons. The number of anilines is 1. The van der Waals surface area contributed by atoms with Crippen LogP contribution >= 0.6 is 0 Å². The van der Waals surface area contributed by atoms with E-state index >= 15 is 0 Å². The molecule has 2 rings (SSSR count). The first kappa shape index (κ1) is 12.4. The van der Waals surface area contributed by atoms with Crippen LogP contribution in [0.5, 0.6) is 0 Å². The Bertz CT molecular complexity index is 443. The summed E-state index contributed by atoms with van der Waals surface area (Å²) in [6.07, 6.45) is 2.28. The SMILES string of the molecule is N#Cc1ccc(NC(=O)NCC2CCCN2)cc1. The number of benzene rings is 1. The fourth-order valence-electron chi connectivity index (χ4n) is 1.95. The molecule has 1 unspecified atom stereocenters. The highest BCUT2D eigenvalue weighted by molar-refractivity contribution is 5.89. The Morgan fingerprint density at radius 1 is 1.44 bits per heavy atom. The lowest BCUT2D eigenvalue weighted by Gasteiger charge is -2.12. The highest BCUT2D eigenvalue weighted by Crippen LogP contribution is 2.08. The summed E-state index contributed by atoms with van der Waals surface area (Å²) in [7, 11) is 0. The summed E-state index contributed by atoms with van der Waals surface area (Å²) in [6, 6.07) is 8.98. The molecule has 1 aromatic rings. The van der Waals surface area contributed by atoms with E-state index in [4.69, 9.17) is 5.26 Å². The molecule has 3 N–H and O–H groups in total. The maximum Gasteiger partial charge on any atom is 0.319 e. The van der Waals surface area contributed by atoms with Gasteiger partial charge in [0.15, 0.2) is 0 Å². The zero-order chi connectivity index (χ0) is 12.8. The lowest BCUT2D eigenvalue weighted by molar-refractivity contribution is 0.251. The van der Waals surface area contributed by atoms with Gasteiger partial charge in [-0.2, -0.15) is 5.26 Å². The number of carbonyl (C=O) groups is 1. The Morgan fingerprint density at radius 3 is 2.83 bits per heavy atom. The van der Waals surface area contributed by atoms with Crippen molar-refractivity contribution in [3.05, 3.63) is 29.8 Å². The molecular formula is C13H16N4O. The number of hydrogen-bond acceptors (Lipinski definition) is 3. The summed E-state index contributed by atoms with van der Waals surface area (Å²) in [5.41, 5.74) is 1.27. The molecular weight excluding hydrogens is 228 g/mol. The maximum atomic E-state index is 11.6. The molecule has 1 atom stereocenters. The van der Waals surface area contributed by atoms with Crippen LogP contribution in [0.2, 0.25) is 0 Å². The van der Waals surface area contributed by atoms with Gasteiger partial charge in [0.1, 0.15) is 0 Å². The molecule has 1 aliphatic heterocycles. The van der Waals surface area contributed by atoms with Crippen molar-refractivity contribution in [2.75, 3.05) is 18.4 Å². The van der Waals surface area contributed by atoms with Crippen LogP contribution in [-0.4, -0.2) is 25.2 Å². The van der Waals surface area contributed by atoms with E-state index in [2.05, 4.69) is 16.0 Å². The second kappa shape index (κ2) is 6.03. The molecule has 1 heterocycles. The van der Waals surface area contributed by atoms with Gasteiger partial charge >= 0.3 is 6.03 Å². The van der Waals surface area contributed by atoms with Crippen molar-refractivity contribution in [2.45, 2.75) is 18.9 Å². The molecule has 1 aromatic carbocycles. The van der Waals surface area contributed by atoms with Gasteiger partial charge in [-0.1, -0.05) is 0 Å². The predicted molar refractivity (Wildman–Crippen MR) is 69.2 cm³/mol. The van der Waals surface area contributed by atoms with Crippen LogP contribution in [0.4, 0.5) is 10.5 Å². The topological polar surface area (TPSA) is 77.0 Å². The van der Waals surface area contributed by atoms with Crippen LogP contribution in [0.1, 0.15) is 18.4 Å². The van der Waals surface area contributed by atoms with E-state index in [1.54, 1.807) is 24.3 Å². The molecule has 0 aromatic heterocycles. The molecule has 1 aliphatic rings. The van der Waals surface area contributed by atoms with Gasteiger partial charge in [0.2, 0.25) is 0 Å². The first-order chi connectivity index (χ1) is 8.78. The first-order valence-electron chi connectivity index (χ1n) is 6.06. The Labute approximate surface area is 106 Å². The van der Waals surface area contributed by atoms with Crippen LogP contribution in [0.3, 0.4) is 0 Å². The highest BCUT2D eigenvalue weighted by Gasteiger charge is 2.14. The third-order valence-corrected chi connectivity index (χ3v) is 2.94. The molecule has 5 nitrogen and oxygen atoms in total. The first-order valence-corrected chi connectivity index (χ1v) is 6.06. The van der Waals surface area contributed by atoms with Crippen molar-refractivity contribution in [3.8, 4) is 6.07 Å². The van der Waals surface area contributed by atoms with Crippen molar-refractivity contribution in [1.82, 2.24) is 10.6 Å². The van der Waals surface area contributed by atoms with E-state index in [0.29, 0.717) is 23.8 Å². The van der Waals surface area contributed by atoms with Crippen LogP contribution in [0.15, 0.2) is 24.3 Å². The van der Waals surface area contributed by atoms with Crippen molar-refractivity contribution in [1.29, 1.82) is 5.26 Å². The number of nitrogens with zero attached hydrogens (tertiary/aromatic N) is 1. The van der Waals surface area contributed by atoms with Gasteiger partial charge in [0, 0.05) is 18.3 Å². The van der Waals surface area contributed by atoms with E-state index in [9.17, 15) is 4.79 Å². The number of nitriles is 1.